The van der Waals surface area contributed by atoms with Crippen molar-refractivity contribution in [2.45, 2.75) is 90.4 Å². The maximum absolute atomic E-state index is 14.6. The Morgan fingerprint density at radius 2 is 1.66 bits per heavy atom. The average Bonchev–Trinajstić information content (AvgIpc) is 2.73. The highest BCUT2D eigenvalue weighted by Crippen LogP contribution is 2.49. The van der Waals surface area contributed by atoms with Crippen molar-refractivity contribution in [2.75, 3.05) is 7.11 Å². The van der Waals surface area contributed by atoms with Gasteiger partial charge >= 0.3 is 0 Å². The van der Waals surface area contributed by atoms with Crippen LogP contribution in [0, 0.1) is 41.2 Å². The molecular formula is C26H38F2O. The smallest absolute Gasteiger partial charge is 0.190 e. The monoisotopic (exact) mass is 404 g/mol. The van der Waals surface area contributed by atoms with Crippen LogP contribution in [0.15, 0.2) is 6.07 Å². The highest BCUT2D eigenvalue weighted by atomic mass is 19.1. The van der Waals surface area contributed by atoms with Crippen molar-refractivity contribution < 1.29 is 13.5 Å². The van der Waals surface area contributed by atoms with Crippen molar-refractivity contribution in [3.05, 3.63) is 28.8 Å². The minimum atomic E-state index is -0.547. The molecule has 0 radical (unpaired) electrons. The zero-order chi connectivity index (χ0) is 20.4. The van der Waals surface area contributed by atoms with E-state index in [1.807, 2.05) is 0 Å². The summed E-state index contributed by atoms with van der Waals surface area (Å²) in [6, 6.07) is 1.54. The van der Waals surface area contributed by atoms with Gasteiger partial charge in [-0.1, -0.05) is 39.0 Å². The van der Waals surface area contributed by atoms with Crippen LogP contribution in [0.2, 0.25) is 0 Å². The van der Waals surface area contributed by atoms with Crippen molar-refractivity contribution in [1.29, 1.82) is 0 Å². The number of unbranched alkanes of at least 4 members (excludes halogenated alkanes) is 2. The lowest BCUT2D eigenvalue weighted by Gasteiger charge is -2.45. The molecule has 4 rings (SSSR count). The van der Waals surface area contributed by atoms with Gasteiger partial charge in [0.15, 0.2) is 17.4 Å². The number of halogens is 2. The predicted octanol–water partition coefficient (Wildman–Crippen LogP) is 7.49. The van der Waals surface area contributed by atoms with Gasteiger partial charge < -0.3 is 4.74 Å². The molecule has 2 fully saturated rings. The van der Waals surface area contributed by atoms with E-state index in [9.17, 15) is 8.78 Å². The molecule has 3 heteroatoms. The third-order valence-electron chi connectivity index (χ3n) is 8.47. The molecule has 5 atom stereocenters. The Morgan fingerprint density at radius 1 is 0.931 bits per heavy atom. The molecule has 0 amide bonds. The number of hydrogen-bond donors (Lipinski definition) is 0. The molecule has 1 aromatic carbocycles. The highest BCUT2D eigenvalue weighted by Gasteiger charge is 2.39. The minimum Gasteiger partial charge on any atom is -0.491 e. The molecule has 1 aromatic rings. The van der Waals surface area contributed by atoms with E-state index in [-0.39, 0.29) is 5.75 Å². The number of fused-ring (bicyclic) bond motifs is 2. The molecule has 0 spiro atoms. The van der Waals surface area contributed by atoms with Gasteiger partial charge in [-0.05, 0) is 98.1 Å². The summed E-state index contributed by atoms with van der Waals surface area (Å²) in [5.74, 6) is 2.94. The van der Waals surface area contributed by atoms with Crippen molar-refractivity contribution in [3.8, 4) is 5.75 Å². The second-order valence-corrected chi connectivity index (χ2v) is 10.1. The average molecular weight is 405 g/mol. The Morgan fingerprint density at radius 3 is 2.41 bits per heavy atom. The van der Waals surface area contributed by atoms with Gasteiger partial charge in [0.2, 0.25) is 0 Å². The Kier molecular flexibility index (Phi) is 6.81. The summed E-state index contributed by atoms with van der Waals surface area (Å²) in [6.07, 6.45) is 16.6. The van der Waals surface area contributed by atoms with E-state index in [4.69, 9.17) is 4.74 Å². The van der Waals surface area contributed by atoms with Gasteiger partial charge in [0.05, 0.1) is 7.11 Å². The molecule has 0 N–H and O–H groups in total. The lowest BCUT2D eigenvalue weighted by atomic mass is 9.61. The van der Waals surface area contributed by atoms with E-state index in [0.29, 0.717) is 11.5 Å². The van der Waals surface area contributed by atoms with Gasteiger partial charge in [0.25, 0.3) is 0 Å². The predicted molar refractivity (Wildman–Crippen MR) is 114 cm³/mol. The quantitative estimate of drug-likeness (QED) is 0.446. The standard InChI is InChI=1S/C26H38F2O/c1-3-4-5-6-17-7-8-19-14-20(10-9-18(19)13-17)21-11-12-23-22(15-21)16-24(27)26(29-2)25(23)28/h16-21H,3-15H2,1-2H3. The van der Waals surface area contributed by atoms with Crippen LogP contribution in [0.4, 0.5) is 8.78 Å². The summed E-state index contributed by atoms with van der Waals surface area (Å²) in [6.45, 7) is 2.29. The normalized spacial score (nSPS) is 31.8. The SMILES string of the molecule is CCCCCC1CCC2CC(C3CCc4c(cc(F)c(OC)c4F)C3)CCC2C1. The Balaban J connectivity index is 1.35. The maximum Gasteiger partial charge on any atom is 0.190 e. The summed E-state index contributed by atoms with van der Waals surface area (Å²) in [5.41, 5.74) is 1.58. The van der Waals surface area contributed by atoms with E-state index in [1.54, 1.807) is 0 Å². The molecule has 29 heavy (non-hydrogen) atoms. The molecule has 0 heterocycles. The number of methoxy groups -OCH3 is 1. The fourth-order valence-electron chi connectivity index (χ4n) is 6.84. The molecule has 3 aliphatic carbocycles. The molecule has 2 saturated carbocycles. The van der Waals surface area contributed by atoms with Crippen LogP contribution in [0.1, 0.15) is 88.7 Å². The summed E-state index contributed by atoms with van der Waals surface area (Å²) in [4.78, 5) is 0. The molecule has 0 saturated heterocycles. The van der Waals surface area contributed by atoms with E-state index < -0.39 is 11.6 Å². The third kappa shape index (κ3) is 4.49. The van der Waals surface area contributed by atoms with E-state index in [0.717, 1.165) is 48.5 Å². The highest BCUT2D eigenvalue weighted by molar-refractivity contribution is 5.40. The van der Waals surface area contributed by atoms with E-state index in [2.05, 4.69) is 6.92 Å². The van der Waals surface area contributed by atoms with E-state index in [1.165, 1.54) is 77.4 Å². The molecule has 0 bridgehead atoms. The van der Waals surface area contributed by atoms with Crippen LogP contribution in [0.5, 0.6) is 5.75 Å². The van der Waals surface area contributed by atoms with E-state index >= 15 is 0 Å². The minimum absolute atomic E-state index is 0.210. The maximum atomic E-state index is 14.6. The first-order valence-electron chi connectivity index (χ1n) is 12.1. The molecule has 1 nitrogen and oxygen atoms in total. The first kappa shape index (κ1) is 21.1. The van der Waals surface area contributed by atoms with Crippen LogP contribution >= 0.6 is 0 Å². The summed E-state index contributed by atoms with van der Waals surface area (Å²) in [5, 5.41) is 0. The molecule has 3 aliphatic rings. The van der Waals surface area contributed by atoms with Gasteiger partial charge in [0.1, 0.15) is 0 Å². The number of hydrogen-bond acceptors (Lipinski definition) is 1. The Hall–Kier alpha value is -1.12. The fraction of sp³-hybridized carbons (Fsp3) is 0.769. The molecular weight excluding hydrogens is 366 g/mol. The second kappa shape index (κ2) is 9.35. The van der Waals surface area contributed by atoms with Crippen LogP contribution in [0.25, 0.3) is 0 Å². The van der Waals surface area contributed by atoms with Crippen molar-refractivity contribution >= 4 is 0 Å². The molecule has 5 unspecified atom stereocenters. The lowest BCUT2D eigenvalue weighted by Crippen LogP contribution is -2.35. The van der Waals surface area contributed by atoms with Crippen molar-refractivity contribution in [3.63, 3.8) is 0 Å². The second-order valence-electron chi connectivity index (χ2n) is 10.1. The number of ether oxygens (including phenoxy) is 1. The van der Waals surface area contributed by atoms with Crippen molar-refractivity contribution in [2.24, 2.45) is 29.6 Å². The summed E-state index contributed by atoms with van der Waals surface area (Å²) in [7, 11) is 1.34. The van der Waals surface area contributed by atoms with Gasteiger partial charge in [-0.3, -0.25) is 0 Å². The molecule has 162 valence electrons. The third-order valence-corrected chi connectivity index (χ3v) is 8.47. The topological polar surface area (TPSA) is 9.23 Å². The van der Waals surface area contributed by atoms with Crippen molar-refractivity contribution in [1.82, 2.24) is 0 Å². The van der Waals surface area contributed by atoms with Gasteiger partial charge in [-0.15, -0.1) is 0 Å². The lowest BCUT2D eigenvalue weighted by molar-refractivity contribution is 0.0688. The number of benzene rings is 1. The zero-order valence-corrected chi connectivity index (χ0v) is 18.3. The first-order chi connectivity index (χ1) is 14.1. The van der Waals surface area contributed by atoms with Gasteiger partial charge in [-0.25, -0.2) is 8.78 Å². The Bertz CT molecular complexity index is 700. The van der Waals surface area contributed by atoms with Gasteiger partial charge in [0, 0.05) is 0 Å². The Labute approximate surface area is 175 Å². The first-order valence-corrected chi connectivity index (χ1v) is 12.1. The molecule has 0 aromatic heterocycles. The molecule has 0 aliphatic heterocycles. The summed E-state index contributed by atoms with van der Waals surface area (Å²) < 4.78 is 33.7. The van der Waals surface area contributed by atoms with Crippen LogP contribution < -0.4 is 4.74 Å². The largest absolute Gasteiger partial charge is 0.491 e. The van der Waals surface area contributed by atoms with Crippen LogP contribution in [-0.4, -0.2) is 7.11 Å². The summed E-state index contributed by atoms with van der Waals surface area (Å²) >= 11 is 0. The number of rotatable bonds is 6. The fourth-order valence-corrected chi connectivity index (χ4v) is 6.84. The van der Waals surface area contributed by atoms with Gasteiger partial charge in [-0.2, -0.15) is 0 Å². The van der Waals surface area contributed by atoms with Crippen LogP contribution in [0.3, 0.4) is 0 Å². The zero-order valence-electron chi connectivity index (χ0n) is 18.3. The van der Waals surface area contributed by atoms with Crippen LogP contribution in [-0.2, 0) is 12.8 Å².